The molecule has 0 saturated carbocycles. The van der Waals surface area contributed by atoms with Crippen molar-refractivity contribution < 1.29 is 17.9 Å². The van der Waals surface area contributed by atoms with Gasteiger partial charge in [0.25, 0.3) is 5.91 Å². The number of hydrogen-bond acceptors (Lipinski definition) is 5. The number of amides is 1. The summed E-state index contributed by atoms with van der Waals surface area (Å²) in [6.07, 6.45) is 1.93. The zero-order valence-electron chi connectivity index (χ0n) is 16.9. The Balaban J connectivity index is 0.00000392. The minimum absolute atomic E-state index is 0. The van der Waals surface area contributed by atoms with Gasteiger partial charge in [0.2, 0.25) is 10.0 Å². The number of nitrogens with one attached hydrogen (secondary N) is 2. The molecule has 2 N–H and O–H groups in total. The van der Waals surface area contributed by atoms with Crippen molar-refractivity contribution >= 4 is 28.3 Å². The molecule has 1 aliphatic rings. The molecule has 1 heterocycles. The lowest BCUT2D eigenvalue weighted by molar-refractivity contribution is 0.0689. The molecule has 0 unspecified atom stereocenters. The molecule has 0 spiro atoms. The van der Waals surface area contributed by atoms with Crippen LogP contribution in [-0.2, 0) is 14.8 Å². The fourth-order valence-electron chi connectivity index (χ4n) is 3.22. The molecule has 0 atom stereocenters. The van der Waals surface area contributed by atoms with Crippen LogP contribution in [0.5, 0.6) is 0 Å². The molecule has 0 aliphatic carbocycles. The molecule has 0 bridgehead atoms. The topological polar surface area (TPSA) is 87.7 Å². The Labute approximate surface area is 174 Å². The lowest BCUT2D eigenvalue weighted by Crippen LogP contribution is -2.41. The molecule has 1 aliphatic heterocycles. The second-order valence-electron chi connectivity index (χ2n) is 6.91. The van der Waals surface area contributed by atoms with Crippen molar-refractivity contribution in [1.82, 2.24) is 14.9 Å². The first-order chi connectivity index (χ1) is 12.9. The Morgan fingerprint density at radius 2 is 1.96 bits per heavy atom. The highest BCUT2D eigenvalue weighted by Gasteiger charge is 2.25. The quantitative estimate of drug-likeness (QED) is 0.580. The number of carbonyl (C=O) groups excluding carboxylic acids is 1. The van der Waals surface area contributed by atoms with Gasteiger partial charge in [-0.2, -0.15) is 0 Å². The third-order valence-corrected chi connectivity index (χ3v) is 6.39. The van der Waals surface area contributed by atoms with Crippen LogP contribution in [0.1, 0.15) is 35.7 Å². The molecule has 1 fully saturated rings. The second-order valence-corrected chi connectivity index (χ2v) is 8.68. The molecule has 7 nitrogen and oxygen atoms in total. The predicted molar refractivity (Wildman–Crippen MR) is 113 cm³/mol. The van der Waals surface area contributed by atoms with Gasteiger partial charge >= 0.3 is 0 Å². The monoisotopic (exact) mass is 433 g/mol. The van der Waals surface area contributed by atoms with Crippen molar-refractivity contribution in [3.8, 4) is 0 Å². The lowest BCUT2D eigenvalue weighted by atomic mass is 9.96. The Bertz CT molecular complexity index is 735. The first-order valence-electron chi connectivity index (χ1n) is 9.48. The van der Waals surface area contributed by atoms with Gasteiger partial charge in [-0.05, 0) is 56.5 Å². The van der Waals surface area contributed by atoms with Crippen molar-refractivity contribution in [3.63, 3.8) is 0 Å². The average molecular weight is 434 g/mol. The van der Waals surface area contributed by atoms with Crippen LogP contribution in [-0.4, -0.2) is 65.7 Å². The van der Waals surface area contributed by atoms with Crippen LogP contribution in [0, 0.1) is 12.8 Å². The van der Waals surface area contributed by atoms with Crippen LogP contribution >= 0.6 is 12.4 Å². The number of likely N-dealkylation sites (tertiary alicyclic amines) is 1. The van der Waals surface area contributed by atoms with E-state index in [1.807, 2.05) is 11.8 Å². The summed E-state index contributed by atoms with van der Waals surface area (Å²) in [5.74, 6) is 0.495. The fourth-order valence-corrected chi connectivity index (χ4v) is 4.26. The summed E-state index contributed by atoms with van der Waals surface area (Å²) < 4.78 is 32.2. The van der Waals surface area contributed by atoms with Gasteiger partial charge in [-0.15, -0.1) is 12.4 Å². The number of piperidine rings is 1. The van der Waals surface area contributed by atoms with E-state index in [1.165, 1.54) is 19.2 Å². The number of nitrogens with zero attached hydrogens (tertiary/aromatic N) is 1. The zero-order chi connectivity index (χ0) is 19.9. The van der Waals surface area contributed by atoms with E-state index < -0.39 is 10.0 Å². The Kier molecular flexibility index (Phi) is 10.4. The van der Waals surface area contributed by atoms with E-state index in [4.69, 9.17) is 4.74 Å². The van der Waals surface area contributed by atoms with Gasteiger partial charge < -0.3 is 15.0 Å². The summed E-state index contributed by atoms with van der Waals surface area (Å²) in [5.41, 5.74) is 1.24. The van der Waals surface area contributed by atoms with Crippen LogP contribution in [0.3, 0.4) is 0 Å². The molecule has 1 aromatic carbocycles. The van der Waals surface area contributed by atoms with E-state index in [2.05, 4.69) is 17.0 Å². The smallest absolute Gasteiger partial charge is 0.254 e. The van der Waals surface area contributed by atoms with Gasteiger partial charge in [-0.25, -0.2) is 13.1 Å². The average Bonchev–Trinajstić information content (AvgIpc) is 2.66. The molecular weight excluding hydrogens is 402 g/mol. The van der Waals surface area contributed by atoms with Gasteiger partial charge in [0.15, 0.2) is 0 Å². The Morgan fingerprint density at radius 3 is 2.57 bits per heavy atom. The van der Waals surface area contributed by atoms with E-state index >= 15 is 0 Å². The van der Waals surface area contributed by atoms with E-state index in [0.29, 0.717) is 31.2 Å². The summed E-state index contributed by atoms with van der Waals surface area (Å²) in [6, 6.07) is 4.71. The summed E-state index contributed by atoms with van der Waals surface area (Å²) in [4.78, 5) is 14.9. The molecule has 1 amide bonds. The van der Waals surface area contributed by atoms with E-state index in [1.54, 1.807) is 6.07 Å². The third kappa shape index (κ3) is 6.70. The largest absolute Gasteiger partial charge is 0.383 e. The minimum atomic E-state index is -3.66. The maximum absolute atomic E-state index is 13.0. The molecule has 2 rings (SSSR count). The summed E-state index contributed by atoms with van der Waals surface area (Å²) in [5, 5.41) is 3.36. The standard InChI is InChI=1S/C19H31N3O4S.ClH/c1-4-20-14-16-7-10-22(11-8-16)19(23)18-13-17(6-5-15(18)2)27(24,25)21-9-12-26-3;/h5-6,13,16,20-21H,4,7-12,14H2,1-3H3;1H. The van der Waals surface area contributed by atoms with Crippen LogP contribution in [0.2, 0.25) is 0 Å². The SMILES string of the molecule is CCNCC1CCN(C(=O)c2cc(S(=O)(=O)NCCOC)ccc2C)CC1.Cl. The number of aryl methyl sites for hydroxylation is 1. The predicted octanol–water partition coefficient (Wildman–Crippen LogP) is 1.80. The Hall–Kier alpha value is -1.19. The van der Waals surface area contributed by atoms with E-state index in [0.717, 1.165) is 31.5 Å². The summed E-state index contributed by atoms with van der Waals surface area (Å²) >= 11 is 0. The molecular formula is C19H32ClN3O4S. The van der Waals surface area contributed by atoms with Gasteiger partial charge in [0, 0.05) is 32.3 Å². The molecule has 0 radical (unpaired) electrons. The first kappa shape index (κ1) is 24.8. The van der Waals surface area contributed by atoms with Gasteiger partial charge in [0.05, 0.1) is 11.5 Å². The van der Waals surface area contributed by atoms with E-state index in [-0.39, 0.29) is 29.8 Å². The van der Waals surface area contributed by atoms with Crippen LogP contribution in [0.4, 0.5) is 0 Å². The number of methoxy groups -OCH3 is 1. The molecule has 1 aromatic rings. The third-order valence-electron chi connectivity index (χ3n) is 4.93. The number of halogens is 1. The molecule has 1 saturated heterocycles. The van der Waals surface area contributed by atoms with Gasteiger partial charge in [-0.1, -0.05) is 13.0 Å². The van der Waals surface area contributed by atoms with Crippen molar-refractivity contribution in [2.45, 2.75) is 31.6 Å². The normalized spacial score (nSPS) is 15.3. The van der Waals surface area contributed by atoms with Crippen LogP contribution < -0.4 is 10.0 Å². The van der Waals surface area contributed by atoms with Crippen LogP contribution in [0.15, 0.2) is 23.1 Å². The zero-order valence-corrected chi connectivity index (χ0v) is 18.5. The number of carbonyl (C=O) groups is 1. The van der Waals surface area contributed by atoms with Crippen molar-refractivity contribution in [2.24, 2.45) is 5.92 Å². The highest BCUT2D eigenvalue weighted by Crippen LogP contribution is 2.22. The molecule has 0 aromatic heterocycles. The molecule has 160 valence electrons. The lowest BCUT2D eigenvalue weighted by Gasteiger charge is -2.32. The minimum Gasteiger partial charge on any atom is -0.383 e. The Morgan fingerprint density at radius 1 is 1.29 bits per heavy atom. The maximum Gasteiger partial charge on any atom is 0.254 e. The van der Waals surface area contributed by atoms with Crippen LogP contribution in [0.25, 0.3) is 0 Å². The van der Waals surface area contributed by atoms with Gasteiger partial charge in [0.1, 0.15) is 0 Å². The highest BCUT2D eigenvalue weighted by atomic mass is 35.5. The summed E-state index contributed by atoms with van der Waals surface area (Å²) in [6.45, 7) is 7.76. The van der Waals surface area contributed by atoms with Crippen molar-refractivity contribution in [3.05, 3.63) is 29.3 Å². The molecule has 28 heavy (non-hydrogen) atoms. The van der Waals surface area contributed by atoms with Crippen molar-refractivity contribution in [1.29, 1.82) is 0 Å². The molecule has 9 heteroatoms. The summed E-state index contributed by atoms with van der Waals surface area (Å²) in [7, 11) is -2.15. The van der Waals surface area contributed by atoms with E-state index in [9.17, 15) is 13.2 Å². The number of benzene rings is 1. The number of ether oxygens (including phenoxy) is 1. The first-order valence-corrected chi connectivity index (χ1v) is 11.0. The number of sulfonamides is 1. The van der Waals surface area contributed by atoms with Gasteiger partial charge in [-0.3, -0.25) is 4.79 Å². The second kappa shape index (κ2) is 11.7. The maximum atomic E-state index is 13.0. The number of hydrogen-bond donors (Lipinski definition) is 2. The van der Waals surface area contributed by atoms with Crippen molar-refractivity contribution in [2.75, 3.05) is 46.4 Å². The fraction of sp³-hybridized carbons (Fsp3) is 0.632. The number of rotatable bonds is 9. The highest BCUT2D eigenvalue weighted by molar-refractivity contribution is 7.89.